The van der Waals surface area contributed by atoms with Crippen LogP contribution < -0.4 is 20.7 Å². The van der Waals surface area contributed by atoms with Crippen molar-refractivity contribution < 1.29 is 9.53 Å². The molecule has 0 saturated heterocycles. The first-order valence-electron chi connectivity index (χ1n) is 12.5. The van der Waals surface area contributed by atoms with Crippen LogP contribution in [0.5, 0.6) is 5.75 Å². The lowest BCUT2D eigenvalue weighted by molar-refractivity contribution is -0.113. The highest BCUT2D eigenvalue weighted by molar-refractivity contribution is 8.00. The van der Waals surface area contributed by atoms with Crippen molar-refractivity contribution in [1.82, 2.24) is 0 Å². The average Bonchev–Trinajstić information content (AvgIpc) is 3.23. The number of anilines is 3. The van der Waals surface area contributed by atoms with E-state index < -0.39 is 0 Å². The molecule has 0 radical (unpaired) electrons. The van der Waals surface area contributed by atoms with E-state index in [0.717, 1.165) is 41.1 Å². The molecule has 1 aromatic heterocycles. The molecule has 0 aliphatic heterocycles. The lowest BCUT2D eigenvalue weighted by Crippen LogP contribution is -2.26. The van der Waals surface area contributed by atoms with E-state index in [4.69, 9.17) is 17.0 Å². The molecular weight excluding hydrogens is 533 g/mol. The summed E-state index contributed by atoms with van der Waals surface area (Å²) in [7, 11) is 1.62. The second kappa shape index (κ2) is 12.2. The Bertz CT molecular complexity index is 1370. The van der Waals surface area contributed by atoms with Gasteiger partial charge in [-0.15, -0.1) is 23.1 Å². The topological polar surface area (TPSA) is 86.2 Å². The maximum Gasteiger partial charge on any atom is 0.235 e. The van der Waals surface area contributed by atoms with Crippen LogP contribution in [0.3, 0.4) is 0 Å². The zero-order valence-electron chi connectivity index (χ0n) is 22.0. The molecule has 1 heterocycles. The Kier molecular flexibility index (Phi) is 8.98. The summed E-state index contributed by atoms with van der Waals surface area (Å²) < 4.78 is 5.36. The molecule has 3 aromatic rings. The second-order valence-corrected chi connectivity index (χ2v) is 12.8. The number of hydrogen-bond donors (Lipinski definition) is 3. The highest BCUT2D eigenvalue weighted by Gasteiger charge is 2.32. The number of methoxy groups -OCH3 is 1. The number of para-hydroxylation sites is 2. The van der Waals surface area contributed by atoms with E-state index in [1.807, 2.05) is 48.5 Å². The third kappa shape index (κ3) is 6.87. The number of thioether (sulfide) groups is 1. The van der Waals surface area contributed by atoms with E-state index in [0.29, 0.717) is 27.3 Å². The zero-order valence-corrected chi connectivity index (χ0v) is 24.5. The van der Waals surface area contributed by atoms with Crippen molar-refractivity contribution in [3.05, 3.63) is 64.5 Å². The van der Waals surface area contributed by atoms with E-state index in [9.17, 15) is 10.1 Å². The highest BCUT2D eigenvalue weighted by Crippen LogP contribution is 2.44. The van der Waals surface area contributed by atoms with Crippen molar-refractivity contribution in [2.24, 2.45) is 11.3 Å². The first kappa shape index (κ1) is 28.0. The summed E-state index contributed by atoms with van der Waals surface area (Å²) in [6, 6.07) is 17.6. The van der Waals surface area contributed by atoms with Crippen LogP contribution in [-0.4, -0.2) is 23.9 Å². The number of nitrogens with one attached hydrogen (secondary N) is 3. The van der Waals surface area contributed by atoms with Gasteiger partial charge in [0.25, 0.3) is 0 Å². The molecule has 38 heavy (non-hydrogen) atoms. The van der Waals surface area contributed by atoms with E-state index in [1.54, 1.807) is 18.4 Å². The number of benzene rings is 2. The number of amides is 1. The Morgan fingerprint density at radius 1 is 1.18 bits per heavy atom. The number of carbonyl (C=O) groups excluding carboxylic acids is 1. The van der Waals surface area contributed by atoms with E-state index in [1.165, 1.54) is 16.6 Å². The first-order chi connectivity index (χ1) is 18.2. The number of nitriles is 1. The van der Waals surface area contributed by atoms with Gasteiger partial charge in [0.15, 0.2) is 5.11 Å². The predicted molar refractivity (Wildman–Crippen MR) is 163 cm³/mol. The van der Waals surface area contributed by atoms with Gasteiger partial charge in [0.05, 0.1) is 24.1 Å². The molecule has 1 aliphatic carbocycles. The summed E-state index contributed by atoms with van der Waals surface area (Å²) in [4.78, 5) is 15.0. The van der Waals surface area contributed by atoms with Crippen molar-refractivity contribution >= 4 is 62.7 Å². The largest absolute Gasteiger partial charge is 0.495 e. The Balaban J connectivity index is 1.34. The number of thiophene rings is 1. The lowest BCUT2D eigenvalue weighted by atomic mass is 9.72. The Labute approximate surface area is 238 Å². The molecule has 4 rings (SSSR count). The van der Waals surface area contributed by atoms with Crippen LogP contribution in [0.2, 0.25) is 0 Å². The normalized spacial score (nSPS) is 14.7. The van der Waals surface area contributed by atoms with E-state index >= 15 is 0 Å². The van der Waals surface area contributed by atoms with Gasteiger partial charge in [0, 0.05) is 15.5 Å². The van der Waals surface area contributed by atoms with Crippen molar-refractivity contribution in [2.75, 3.05) is 28.8 Å². The van der Waals surface area contributed by atoms with Crippen molar-refractivity contribution in [3.8, 4) is 11.8 Å². The molecule has 9 heteroatoms. The second-order valence-electron chi connectivity index (χ2n) is 10.3. The molecule has 2 aromatic carbocycles. The van der Waals surface area contributed by atoms with Crippen molar-refractivity contribution in [2.45, 2.75) is 44.9 Å². The third-order valence-corrected chi connectivity index (χ3v) is 9.04. The third-order valence-electron chi connectivity index (χ3n) is 6.67. The summed E-state index contributed by atoms with van der Waals surface area (Å²) in [6.45, 7) is 6.82. The fraction of sp³-hybridized carbons (Fsp3) is 0.345. The minimum atomic E-state index is -0.121. The monoisotopic (exact) mass is 564 g/mol. The van der Waals surface area contributed by atoms with Gasteiger partial charge in [-0.2, -0.15) is 5.26 Å². The molecular formula is C29H32N4O2S3. The molecule has 1 aliphatic rings. The van der Waals surface area contributed by atoms with Gasteiger partial charge in [-0.1, -0.05) is 39.0 Å². The van der Waals surface area contributed by atoms with Crippen molar-refractivity contribution in [3.63, 3.8) is 0 Å². The number of nitrogens with zero attached hydrogens (tertiary/aromatic N) is 1. The van der Waals surface area contributed by atoms with Crippen LogP contribution in [0.1, 0.15) is 43.2 Å². The van der Waals surface area contributed by atoms with Gasteiger partial charge >= 0.3 is 0 Å². The maximum atomic E-state index is 12.8. The number of hydrogen-bond acceptors (Lipinski definition) is 6. The van der Waals surface area contributed by atoms with Gasteiger partial charge in [-0.05, 0) is 78.7 Å². The predicted octanol–water partition coefficient (Wildman–Crippen LogP) is 7.32. The molecule has 198 valence electrons. The molecule has 3 N–H and O–H groups in total. The molecule has 0 bridgehead atoms. The smallest absolute Gasteiger partial charge is 0.235 e. The number of ether oxygens (including phenoxy) is 1. The fourth-order valence-corrected chi connectivity index (χ4v) is 6.82. The standard InChI is InChI=1S/C29H32N4O2S3/c1-29(2,3)18-12-13-21-22(16-30)27(38-25(21)14-18)33-26(34)17-37-20-9-7-8-19(15-20)31-28(36)32-23-10-5-6-11-24(23)35-4/h5-11,15,18H,12-14,17H2,1-4H3,(H,33,34)(H2,31,32,36). The van der Waals surface area contributed by atoms with Crippen LogP contribution in [0.15, 0.2) is 53.4 Å². The van der Waals surface area contributed by atoms with Gasteiger partial charge in [-0.25, -0.2) is 0 Å². The van der Waals surface area contributed by atoms with Gasteiger partial charge in [-0.3, -0.25) is 4.79 Å². The van der Waals surface area contributed by atoms with Gasteiger partial charge in [0.1, 0.15) is 16.8 Å². The molecule has 0 saturated carbocycles. The summed E-state index contributed by atoms with van der Waals surface area (Å²) in [5, 5.41) is 20.3. The minimum Gasteiger partial charge on any atom is -0.495 e. The Morgan fingerprint density at radius 3 is 2.71 bits per heavy atom. The van der Waals surface area contributed by atoms with Crippen molar-refractivity contribution in [1.29, 1.82) is 5.26 Å². The molecule has 1 amide bonds. The number of rotatable bonds is 7. The summed E-state index contributed by atoms with van der Waals surface area (Å²) in [5.41, 5.74) is 3.58. The SMILES string of the molecule is COc1ccccc1NC(=S)Nc1cccc(SCC(=O)Nc2sc3c(c2C#N)CCC(C(C)(C)C)C3)c1. The summed E-state index contributed by atoms with van der Waals surface area (Å²) >= 11 is 8.46. The first-order valence-corrected chi connectivity index (χ1v) is 14.7. The number of thiocarbonyl (C=S) groups is 1. The minimum absolute atomic E-state index is 0.121. The van der Waals surface area contributed by atoms with Gasteiger partial charge < -0.3 is 20.7 Å². The summed E-state index contributed by atoms with van der Waals surface area (Å²) in [5.74, 6) is 1.40. The molecule has 0 fully saturated rings. The van der Waals surface area contributed by atoms with Crippen LogP contribution >= 0.6 is 35.3 Å². The molecule has 6 nitrogen and oxygen atoms in total. The molecule has 1 atom stereocenters. The van der Waals surface area contributed by atoms with Crippen LogP contribution in [0, 0.1) is 22.7 Å². The molecule has 0 spiro atoms. The molecule has 1 unspecified atom stereocenters. The quantitative estimate of drug-likeness (QED) is 0.205. The van der Waals surface area contributed by atoms with E-state index in [2.05, 4.69) is 42.8 Å². The van der Waals surface area contributed by atoms with Crippen LogP contribution in [0.25, 0.3) is 0 Å². The van der Waals surface area contributed by atoms with E-state index in [-0.39, 0.29) is 17.1 Å². The van der Waals surface area contributed by atoms with Crippen LogP contribution in [0.4, 0.5) is 16.4 Å². The maximum absolute atomic E-state index is 12.8. The Morgan fingerprint density at radius 2 is 1.97 bits per heavy atom. The Hall–Kier alpha value is -3.06. The number of carbonyl (C=O) groups is 1. The fourth-order valence-electron chi connectivity index (χ4n) is 4.54. The number of fused-ring (bicyclic) bond motifs is 1. The average molecular weight is 565 g/mol. The zero-order chi connectivity index (χ0) is 27.3. The summed E-state index contributed by atoms with van der Waals surface area (Å²) in [6.07, 6.45) is 2.94. The lowest BCUT2D eigenvalue weighted by Gasteiger charge is -2.33. The highest BCUT2D eigenvalue weighted by atomic mass is 32.2. The van der Waals surface area contributed by atoms with Gasteiger partial charge in [0.2, 0.25) is 5.91 Å². The van der Waals surface area contributed by atoms with Crippen LogP contribution in [-0.2, 0) is 17.6 Å².